The third-order valence-electron chi connectivity index (χ3n) is 3.32. The standard InChI is InChI=1S/C17H14BrN3O/c1-12-14(11-19-16-10-6-5-9-15(16)18)17(22)21(20-12)13-7-3-2-4-8-13/h2-11,20H,1H3. The van der Waals surface area contributed by atoms with Crippen molar-refractivity contribution >= 4 is 27.8 Å². The summed E-state index contributed by atoms with van der Waals surface area (Å²) in [5, 5.41) is 3.08. The molecule has 0 amide bonds. The van der Waals surface area contributed by atoms with Gasteiger partial charge in [-0.3, -0.25) is 14.9 Å². The first kappa shape index (κ1) is 14.5. The molecule has 0 aliphatic carbocycles. The molecule has 2 aromatic carbocycles. The molecule has 0 fully saturated rings. The van der Waals surface area contributed by atoms with Crippen molar-refractivity contribution in [2.75, 3.05) is 0 Å². The van der Waals surface area contributed by atoms with Crippen molar-refractivity contribution in [2.24, 2.45) is 4.99 Å². The molecule has 0 radical (unpaired) electrons. The molecule has 110 valence electrons. The van der Waals surface area contributed by atoms with Gasteiger partial charge in [-0.05, 0) is 47.1 Å². The molecule has 22 heavy (non-hydrogen) atoms. The van der Waals surface area contributed by atoms with Gasteiger partial charge in [-0.25, -0.2) is 4.68 Å². The molecule has 0 spiro atoms. The zero-order chi connectivity index (χ0) is 15.5. The molecule has 0 aliphatic heterocycles. The number of rotatable bonds is 3. The topological polar surface area (TPSA) is 50.1 Å². The minimum Gasteiger partial charge on any atom is -0.295 e. The van der Waals surface area contributed by atoms with Crippen LogP contribution in [0.4, 0.5) is 5.69 Å². The lowest BCUT2D eigenvalue weighted by atomic mass is 10.2. The molecule has 0 saturated carbocycles. The molecule has 1 heterocycles. The summed E-state index contributed by atoms with van der Waals surface area (Å²) in [6.07, 6.45) is 1.60. The Kier molecular flexibility index (Phi) is 4.06. The number of benzene rings is 2. The van der Waals surface area contributed by atoms with Gasteiger partial charge in [0.1, 0.15) is 0 Å². The molecular formula is C17H14BrN3O. The number of nitrogens with one attached hydrogen (secondary N) is 1. The van der Waals surface area contributed by atoms with E-state index in [0.717, 1.165) is 21.5 Å². The molecule has 3 rings (SSSR count). The predicted molar refractivity (Wildman–Crippen MR) is 92.5 cm³/mol. The highest BCUT2D eigenvalue weighted by molar-refractivity contribution is 9.10. The average Bonchev–Trinajstić information content (AvgIpc) is 2.82. The van der Waals surface area contributed by atoms with Crippen LogP contribution in [0, 0.1) is 6.92 Å². The number of aryl methyl sites for hydroxylation is 1. The Morgan fingerprint density at radius 2 is 1.77 bits per heavy atom. The highest BCUT2D eigenvalue weighted by Gasteiger charge is 2.10. The van der Waals surface area contributed by atoms with Crippen molar-refractivity contribution < 1.29 is 0 Å². The molecule has 1 N–H and O–H groups in total. The minimum absolute atomic E-state index is 0.112. The van der Waals surface area contributed by atoms with Gasteiger partial charge >= 0.3 is 0 Å². The van der Waals surface area contributed by atoms with Crippen molar-refractivity contribution in [3.8, 4) is 5.69 Å². The van der Waals surface area contributed by atoms with Crippen LogP contribution in [0.5, 0.6) is 0 Å². The second-order valence-electron chi connectivity index (χ2n) is 4.84. The summed E-state index contributed by atoms with van der Waals surface area (Å²) >= 11 is 3.44. The van der Waals surface area contributed by atoms with E-state index in [2.05, 4.69) is 26.0 Å². The zero-order valence-corrected chi connectivity index (χ0v) is 13.5. The average molecular weight is 356 g/mol. The second kappa shape index (κ2) is 6.15. The van der Waals surface area contributed by atoms with E-state index in [1.54, 1.807) is 6.21 Å². The molecule has 4 nitrogen and oxygen atoms in total. The molecule has 1 aromatic heterocycles. The Bertz CT molecular complexity index is 878. The molecule has 3 aromatic rings. The van der Waals surface area contributed by atoms with E-state index in [1.807, 2.05) is 61.5 Å². The lowest BCUT2D eigenvalue weighted by Gasteiger charge is -1.99. The van der Waals surface area contributed by atoms with Gasteiger partial charge in [-0.1, -0.05) is 30.3 Å². The SMILES string of the molecule is Cc1[nH]n(-c2ccccc2)c(=O)c1C=Nc1ccccc1Br. The molecule has 0 bridgehead atoms. The van der Waals surface area contributed by atoms with E-state index in [9.17, 15) is 4.79 Å². The summed E-state index contributed by atoms with van der Waals surface area (Å²) in [5.41, 5.74) is 2.81. The number of hydrogen-bond donors (Lipinski definition) is 1. The van der Waals surface area contributed by atoms with Crippen LogP contribution >= 0.6 is 15.9 Å². The Balaban J connectivity index is 2.01. The maximum Gasteiger partial charge on any atom is 0.280 e. The highest BCUT2D eigenvalue weighted by Crippen LogP contribution is 2.24. The van der Waals surface area contributed by atoms with Gasteiger partial charge in [0.15, 0.2) is 0 Å². The fourth-order valence-corrected chi connectivity index (χ4v) is 2.55. The van der Waals surface area contributed by atoms with Crippen LogP contribution in [-0.4, -0.2) is 16.0 Å². The number of para-hydroxylation sites is 2. The number of aromatic amines is 1. The molecule has 0 atom stereocenters. The van der Waals surface area contributed by atoms with Crippen LogP contribution in [0.2, 0.25) is 0 Å². The van der Waals surface area contributed by atoms with Crippen LogP contribution in [-0.2, 0) is 0 Å². The van der Waals surface area contributed by atoms with Gasteiger partial charge in [0, 0.05) is 16.4 Å². The van der Waals surface area contributed by atoms with Crippen LogP contribution in [0.15, 0.2) is 68.9 Å². The highest BCUT2D eigenvalue weighted by atomic mass is 79.9. The monoisotopic (exact) mass is 355 g/mol. The van der Waals surface area contributed by atoms with Crippen LogP contribution in [0.3, 0.4) is 0 Å². The van der Waals surface area contributed by atoms with Gasteiger partial charge in [-0.15, -0.1) is 0 Å². The van der Waals surface area contributed by atoms with E-state index in [4.69, 9.17) is 0 Å². The fraction of sp³-hybridized carbons (Fsp3) is 0.0588. The van der Waals surface area contributed by atoms with Crippen molar-refractivity contribution in [1.82, 2.24) is 9.78 Å². The number of nitrogens with zero attached hydrogens (tertiary/aromatic N) is 2. The Labute approximate surface area is 136 Å². The van der Waals surface area contributed by atoms with Crippen molar-refractivity contribution in [2.45, 2.75) is 6.92 Å². The normalized spacial score (nSPS) is 11.2. The van der Waals surface area contributed by atoms with Gasteiger partial charge in [0.25, 0.3) is 5.56 Å². The van der Waals surface area contributed by atoms with Crippen LogP contribution < -0.4 is 5.56 Å². The summed E-state index contributed by atoms with van der Waals surface area (Å²) < 4.78 is 2.42. The summed E-state index contributed by atoms with van der Waals surface area (Å²) in [6.45, 7) is 1.86. The van der Waals surface area contributed by atoms with E-state index in [-0.39, 0.29) is 5.56 Å². The largest absolute Gasteiger partial charge is 0.295 e. The lowest BCUT2D eigenvalue weighted by Crippen LogP contribution is -2.17. The number of H-pyrrole nitrogens is 1. The van der Waals surface area contributed by atoms with Gasteiger partial charge < -0.3 is 0 Å². The number of aromatic nitrogens is 2. The molecule has 5 heteroatoms. The number of halogens is 1. The van der Waals surface area contributed by atoms with Crippen molar-refractivity contribution in [3.05, 3.63) is 80.7 Å². The zero-order valence-electron chi connectivity index (χ0n) is 12.0. The first-order chi connectivity index (χ1) is 10.7. The number of hydrogen-bond acceptors (Lipinski definition) is 2. The second-order valence-corrected chi connectivity index (χ2v) is 5.69. The lowest BCUT2D eigenvalue weighted by molar-refractivity contribution is 0.835. The summed E-state index contributed by atoms with van der Waals surface area (Å²) in [6, 6.07) is 17.1. The number of aliphatic imine (C=N–C) groups is 1. The molecular weight excluding hydrogens is 342 g/mol. The Morgan fingerprint density at radius 3 is 2.50 bits per heavy atom. The van der Waals surface area contributed by atoms with Crippen molar-refractivity contribution in [1.29, 1.82) is 0 Å². The van der Waals surface area contributed by atoms with E-state index < -0.39 is 0 Å². The maximum absolute atomic E-state index is 12.5. The summed E-state index contributed by atoms with van der Waals surface area (Å²) in [5.74, 6) is 0. The van der Waals surface area contributed by atoms with Crippen LogP contribution in [0.25, 0.3) is 5.69 Å². The summed E-state index contributed by atoms with van der Waals surface area (Å²) in [4.78, 5) is 16.9. The van der Waals surface area contributed by atoms with E-state index in [0.29, 0.717) is 5.56 Å². The molecule has 0 unspecified atom stereocenters. The van der Waals surface area contributed by atoms with Gasteiger partial charge in [0.2, 0.25) is 0 Å². The smallest absolute Gasteiger partial charge is 0.280 e. The van der Waals surface area contributed by atoms with Gasteiger partial charge in [-0.2, -0.15) is 0 Å². The Morgan fingerprint density at radius 1 is 1.09 bits per heavy atom. The summed E-state index contributed by atoms with van der Waals surface area (Å²) in [7, 11) is 0. The third-order valence-corrected chi connectivity index (χ3v) is 3.99. The van der Waals surface area contributed by atoms with Gasteiger partial charge in [0.05, 0.1) is 16.9 Å². The maximum atomic E-state index is 12.5. The fourth-order valence-electron chi connectivity index (χ4n) is 2.16. The van der Waals surface area contributed by atoms with Crippen LogP contribution in [0.1, 0.15) is 11.3 Å². The predicted octanol–water partition coefficient (Wildman–Crippen LogP) is 3.99. The quantitative estimate of drug-likeness (QED) is 0.709. The van der Waals surface area contributed by atoms with Crippen molar-refractivity contribution in [3.63, 3.8) is 0 Å². The molecule has 0 aliphatic rings. The minimum atomic E-state index is -0.112. The first-order valence-corrected chi connectivity index (χ1v) is 7.62. The molecule has 0 saturated heterocycles. The Hall–Kier alpha value is -2.40. The first-order valence-electron chi connectivity index (χ1n) is 6.82. The third kappa shape index (κ3) is 2.80. The van der Waals surface area contributed by atoms with E-state index >= 15 is 0 Å². The van der Waals surface area contributed by atoms with E-state index in [1.165, 1.54) is 4.68 Å².